The van der Waals surface area contributed by atoms with Crippen LogP contribution in [-0.4, -0.2) is 42.9 Å². The van der Waals surface area contributed by atoms with Crippen molar-refractivity contribution in [3.8, 4) is 5.75 Å². The van der Waals surface area contributed by atoms with E-state index >= 15 is 0 Å². The van der Waals surface area contributed by atoms with Gasteiger partial charge in [0.15, 0.2) is 6.79 Å². The molecule has 0 spiro atoms. The fourth-order valence-electron chi connectivity index (χ4n) is 3.70. The summed E-state index contributed by atoms with van der Waals surface area (Å²) in [5.41, 5.74) is 0.372. The van der Waals surface area contributed by atoms with Crippen molar-refractivity contribution in [2.24, 2.45) is 11.8 Å². The molecule has 5 atom stereocenters. The average Bonchev–Trinajstić information content (AvgIpc) is 3.13. The molecule has 2 aliphatic heterocycles. The van der Waals surface area contributed by atoms with Crippen molar-refractivity contribution in [3.63, 3.8) is 0 Å². The number of methoxy groups -OCH3 is 1. The highest BCUT2D eigenvalue weighted by Gasteiger charge is 2.52. The minimum absolute atomic E-state index is 0.0159. The van der Waals surface area contributed by atoms with Crippen LogP contribution in [0.1, 0.15) is 24.5 Å². The summed E-state index contributed by atoms with van der Waals surface area (Å²) in [6.07, 6.45) is 0.680. The quantitative estimate of drug-likeness (QED) is 0.782. The van der Waals surface area contributed by atoms with Crippen LogP contribution in [-0.2, 0) is 9.47 Å². The Bertz CT molecular complexity index is 523. The second-order valence-corrected chi connectivity index (χ2v) is 5.89. The summed E-state index contributed by atoms with van der Waals surface area (Å²) in [5.74, 6) is -0.443. The summed E-state index contributed by atoms with van der Waals surface area (Å²) < 4.78 is 29.7. The molecule has 2 aliphatic rings. The molecular weight excluding hydrogens is 291 g/mol. The van der Waals surface area contributed by atoms with Gasteiger partial charge in [-0.3, -0.25) is 0 Å². The summed E-state index contributed by atoms with van der Waals surface area (Å²) >= 11 is 0. The molecule has 0 amide bonds. The predicted molar refractivity (Wildman–Crippen MR) is 75.8 cm³/mol. The lowest BCUT2D eigenvalue weighted by Crippen LogP contribution is -2.34. The van der Waals surface area contributed by atoms with Crippen LogP contribution in [0.5, 0.6) is 5.75 Å². The molecule has 5 unspecified atom stereocenters. The Hall–Kier alpha value is -1.21. The van der Waals surface area contributed by atoms with Crippen LogP contribution in [0, 0.1) is 17.7 Å². The van der Waals surface area contributed by atoms with Gasteiger partial charge in [0.25, 0.3) is 0 Å². The number of hydrogen-bond acceptors (Lipinski definition) is 5. The summed E-state index contributed by atoms with van der Waals surface area (Å²) in [4.78, 5) is 0. The summed E-state index contributed by atoms with van der Waals surface area (Å²) in [6, 6.07) is 4.03. The smallest absolute Gasteiger partial charge is 0.188 e. The van der Waals surface area contributed by atoms with Crippen molar-refractivity contribution in [3.05, 3.63) is 29.6 Å². The zero-order valence-corrected chi connectivity index (χ0v) is 12.4. The van der Waals surface area contributed by atoms with Crippen LogP contribution in [0.25, 0.3) is 0 Å². The number of benzene rings is 1. The van der Waals surface area contributed by atoms with Crippen molar-refractivity contribution in [2.75, 3.05) is 20.5 Å². The zero-order valence-electron chi connectivity index (χ0n) is 12.4. The van der Waals surface area contributed by atoms with Crippen LogP contribution >= 0.6 is 0 Å². The average molecular weight is 312 g/mol. The Labute approximate surface area is 128 Å². The van der Waals surface area contributed by atoms with Crippen molar-refractivity contribution >= 4 is 0 Å². The van der Waals surface area contributed by atoms with Crippen LogP contribution in [0.3, 0.4) is 0 Å². The monoisotopic (exact) mass is 312 g/mol. The van der Waals surface area contributed by atoms with Crippen LogP contribution in [0.4, 0.5) is 4.39 Å². The third-order valence-electron chi connectivity index (χ3n) is 4.68. The summed E-state index contributed by atoms with van der Waals surface area (Å²) in [6.45, 7) is -0.0333. The molecule has 0 aromatic heterocycles. The van der Waals surface area contributed by atoms with Gasteiger partial charge in [-0.05, 0) is 31.0 Å². The molecule has 2 saturated heterocycles. The van der Waals surface area contributed by atoms with E-state index in [2.05, 4.69) is 0 Å². The van der Waals surface area contributed by atoms with Crippen molar-refractivity contribution < 1.29 is 28.8 Å². The standard InChI is InChI=1S/C16H21FO5/c1-20-8-21-12-3-2-9(17)6-10(12)16(19)15-11(7-18)13-4-5-14(15)22-13/h2-3,6,11,13-16,18-19H,4-5,7-8H2,1H3. The molecule has 0 aliphatic carbocycles. The number of aliphatic hydroxyl groups is 2. The Balaban J connectivity index is 1.87. The maximum Gasteiger partial charge on any atom is 0.188 e. The van der Waals surface area contributed by atoms with E-state index in [1.807, 2.05) is 0 Å². The first kappa shape index (κ1) is 15.7. The topological polar surface area (TPSA) is 68.2 Å². The second-order valence-electron chi connectivity index (χ2n) is 5.89. The maximum atomic E-state index is 13.6. The molecule has 1 aromatic carbocycles. The fourth-order valence-corrected chi connectivity index (χ4v) is 3.70. The van der Waals surface area contributed by atoms with Gasteiger partial charge in [0, 0.05) is 31.1 Å². The molecule has 0 saturated carbocycles. The lowest BCUT2D eigenvalue weighted by molar-refractivity contribution is 0.0211. The van der Waals surface area contributed by atoms with E-state index in [0.29, 0.717) is 11.3 Å². The molecular formula is C16H21FO5. The summed E-state index contributed by atoms with van der Waals surface area (Å²) in [5, 5.41) is 20.4. The number of ether oxygens (including phenoxy) is 3. The molecule has 2 bridgehead atoms. The molecule has 5 nitrogen and oxygen atoms in total. The molecule has 2 fully saturated rings. The van der Waals surface area contributed by atoms with Crippen molar-refractivity contribution in [1.29, 1.82) is 0 Å². The normalized spacial score (nSPS) is 31.5. The second kappa shape index (κ2) is 6.50. The third-order valence-corrected chi connectivity index (χ3v) is 4.68. The Kier molecular flexibility index (Phi) is 4.63. The molecule has 0 radical (unpaired) electrons. The highest BCUT2D eigenvalue weighted by Crippen LogP contribution is 2.49. The van der Waals surface area contributed by atoms with E-state index in [1.165, 1.54) is 25.3 Å². The van der Waals surface area contributed by atoms with Gasteiger partial charge in [-0.15, -0.1) is 0 Å². The molecule has 2 N–H and O–H groups in total. The first-order valence-electron chi connectivity index (χ1n) is 7.51. The highest BCUT2D eigenvalue weighted by molar-refractivity contribution is 5.36. The van der Waals surface area contributed by atoms with E-state index < -0.39 is 11.9 Å². The largest absolute Gasteiger partial charge is 0.467 e. The van der Waals surface area contributed by atoms with Crippen LogP contribution < -0.4 is 4.74 Å². The third kappa shape index (κ3) is 2.72. The van der Waals surface area contributed by atoms with E-state index in [4.69, 9.17) is 14.2 Å². The number of aliphatic hydroxyl groups excluding tert-OH is 2. The number of hydrogen-bond donors (Lipinski definition) is 2. The van der Waals surface area contributed by atoms with Crippen LogP contribution in [0.15, 0.2) is 18.2 Å². The van der Waals surface area contributed by atoms with Gasteiger partial charge in [-0.25, -0.2) is 4.39 Å². The minimum atomic E-state index is -0.949. The van der Waals surface area contributed by atoms with E-state index in [9.17, 15) is 14.6 Å². The lowest BCUT2D eigenvalue weighted by Gasteiger charge is -2.31. The van der Waals surface area contributed by atoms with Gasteiger partial charge in [0.1, 0.15) is 11.6 Å². The first-order valence-corrected chi connectivity index (χ1v) is 7.51. The van der Waals surface area contributed by atoms with Gasteiger partial charge in [-0.2, -0.15) is 0 Å². The first-order chi connectivity index (χ1) is 10.7. The van der Waals surface area contributed by atoms with Crippen molar-refractivity contribution in [2.45, 2.75) is 31.2 Å². The SMILES string of the molecule is COCOc1ccc(F)cc1C(O)C1C2CCC(O2)C1CO. The van der Waals surface area contributed by atoms with Gasteiger partial charge in [0.05, 0.1) is 18.3 Å². The molecule has 3 rings (SSSR count). The number of fused-ring (bicyclic) bond motifs is 2. The van der Waals surface area contributed by atoms with Gasteiger partial charge in [-0.1, -0.05) is 0 Å². The maximum absolute atomic E-state index is 13.6. The fraction of sp³-hybridized carbons (Fsp3) is 0.625. The minimum Gasteiger partial charge on any atom is -0.467 e. The van der Waals surface area contributed by atoms with Gasteiger partial charge in [0.2, 0.25) is 0 Å². The molecule has 2 heterocycles. The summed E-state index contributed by atoms with van der Waals surface area (Å²) in [7, 11) is 1.49. The van der Waals surface area contributed by atoms with Crippen LogP contribution in [0.2, 0.25) is 0 Å². The van der Waals surface area contributed by atoms with Gasteiger partial charge < -0.3 is 24.4 Å². The Morgan fingerprint density at radius 3 is 2.86 bits per heavy atom. The number of halogens is 1. The van der Waals surface area contributed by atoms with E-state index in [-0.39, 0.29) is 37.4 Å². The lowest BCUT2D eigenvalue weighted by atomic mass is 9.75. The highest BCUT2D eigenvalue weighted by atomic mass is 19.1. The zero-order chi connectivity index (χ0) is 15.7. The van der Waals surface area contributed by atoms with E-state index in [1.54, 1.807) is 0 Å². The molecule has 1 aromatic rings. The predicted octanol–water partition coefficient (Wildman–Crippen LogP) is 1.63. The Morgan fingerprint density at radius 2 is 2.14 bits per heavy atom. The van der Waals surface area contributed by atoms with E-state index in [0.717, 1.165) is 12.8 Å². The molecule has 6 heteroatoms. The Morgan fingerprint density at radius 1 is 1.36 bits per heavy atom. The molecule has 22 heavy (non-hydrogen) atoms. The van der Waals surface area contributed by atoms with Gasteiger partial charge >= 0.3 is 0 Å². The molecule has 122 valence electrons. The van der Waals surface area contributed by atoms with Crippen molar-refractivity contribution in [1.82, 2.24) is 0 Å². The number of rotatable bonds is 6.